The highest BCUT2D eigenvalue weighted by molar-refractivity contribution is 5.26. The highest BCUT2D eigenvalue weighted by Crippen LogP contribution is 2.33. The van der Waals surface area contributed by atoms with Gasteiger partial charge in [0.05, 0.1) is 6.07 Å². The Morgan fingerprint density at radius 3 is 2.08 bits per heavy atom. The predicted molar refractivity (Wildman–Crippen MR) is 40.9 cm³/mol. The zero-order valence-electron chi connectivity index (χ0n) is 6.55. The molecule has 0 saturated heterocycles. The second kappa shape index (κ2) is 3.48. The molecular weight excluding hydrogens is 179 g/mol. The minimum atomic E-state index is -4.49. The molecule has 1 aromatic rings. The van der Waals surface area contributed by atoms with Gasteiger partial charge >= 0.3 is 6.18 Å². The lowest BCUT2D eigenvalue weighted by Gasteiger charge is -2.12. The highest BCUT2D eigenvalue weighted by Gasteiger charge is 2.40. The Labute approximate surface area is 73.4 Å². The van der Waals surface area contributed by atoms with E-state index in [1.165, 1.54) is 30.3 Å². The van der Waals surface area contributed by atoms with Crippen LogP contribution >= 0.6 is 0 Å². The molecule has 1 rings (SSSR count). The van der Waals surface area contributed by atoms with E-state index in [2.05, 4.69) is 0 Å². The summed E-state index contributed by atoms with van der Waals surface area (Å²) in [6.45, 7) is 0. The van der Waals surface area contributed by atoms with Gasteiger partial charge in [0, 0.05) is 0 Å². The van der Waals surface area contributed by atoms with Gasteiger partial charge in [-0.1, -0.05) is 30.3 Å². The SMILES string of the molecule is N#CC(c1ccccc1)C(F)(F)F. The van der Waals surface area contributed by atoms with Gasteiger partial charge in [-0.15, -0.1) is 0 Å². The maximum atomic E-state index is 12.2. The van der Waals surface area contributed by atoms with Gasteiger partial charge < -0.3 is 0 Å². The van der Waals surface area contributed by atoms with Gasteiger partial charge in [0.15, 0.2) is 5.92 Å². The van der Waals surface area contributed by atoms with E-state index in [1.54, 1.807) is 6.07 Å². The number of nitriles is 1. The predicted octanol–water partition coefficient (Wildman–Crippen LogP) is 2.86. The molecule has 1 atom stereocenters. The summed E-state index contributed by atoms with van der Waals surface area (Å²) in [5.74, 6) is -2.02. The van der Waals surface area contributed by atoms with Crippen molar-refractivity contribution < 1.29 is 13.2 Å². The lowest BCUT2D eigenvalue weighted by molar-refractivity contribution is -0.137. The van der Waals surface area contributed by atoms with Crippen molar-refractivity contribution in [2.75, 3.05) is 0 Å². The molecule has 0 amide bonds. The Bertz CT molecular complexity index is 310. The first-order valence-corrected chi connectivity index (χ1v) is 3.57. The molecule has 0 aliphatic carbocycles. The molecule has 0 bridgehead atoms. The van der Waals surface area contributed by atoms with Crippen LogP contribution in [0.3, 0.4) is 0 Å². The van der Waals surface area contributed by atoms with Crippen LogP contribution < -0.4 is 0 Å². The molecule has 4 heteroatoms. The maximum Gasteiger partial charge on any atom is 0.408 e. The Morgan fingerprint density at radius 1 is 1.15 bits per heavy atom. The van der Waals surface area contributed by atoms with E-state index in [-0.39, 0.29) is 5.56 Å². The molecule has 0 aliphatic rings. The molecule has 0 N–H and O–H groups in total. The van der Waals surface area contributed by atoms with Crippen LogP contribution in [-0.2, 0) is 0 Å². The Kier molecular flexibility index (Phi) is 2.57. The first-order valence-electron chi connectivity index (χ1n) is 3.57. The van der Waals surface area contributed by atoms with Crippen LogP contribution in [0.5, 0.6) is 0 Å². The Balaban J connectivity index is 3.01. The third-order valence-corrected chi connectivity index (χ3v) is 1.59. The van der Waals surface area contributed by atoms with Gasteiger partial charge in [-0.2, -0.15) is 18.4 Å². The topological polar surface area (TPSA) is 23.8 Å². The summed E-state index contributed by atoms with van der Waals surface area (Å²) in [4.78, 5) is 0. The molecule has 0 radical (unpaired) electrons. The molecule has 1 nitrogen and oxygen atoms in total. The van der Waals surface area contributed by atoms with E-state index in [4.69, 9.17) is 5.26 Å². The zero-order chi connectivity index (χ0) is 9.90. The molecule has 0 aromatic heterocycles. The average molecular weight is 185 g/mol. The highest BCUT2D eigenvalue weighted by atomic mass is 19.4. The standard InChI is InChI=1S/C9H6F3N/c10-9(11,12)8(6-13)7-4-2-1-3-5-7/h1-5,8H. The van der Waals surface area contributed by atoms with Gasteiger partial charge in [0.1, 0.15) is 0 Å². The number of benzene rings is 1. The normalized spacial score (nSPS) is 13.4. The number of hydrogen-bond acceptors (Lipinski definition) is 1. The molecule has 13 heavy (non-hydrogen) atoms. The Morgan fingerprint density at radius 2 is 1.69 bits per heavy atom. The fourth-order valence-corrected chi connectivity index (χ4v) is 0.982. The summed E-state index contributed by atoms with van der Waals surface area (Å²) in [5, 5.41) is 8.35. The largest absolute Gasteiger partial charge is 0.408 e. The second-order valence-electron chi connectivity index (χ2n) is 2.51. The van der Waals surface area contributed by atoms with Gasteiger partial charge in [0.2, 0.25) is 0 Å². The Hall–Kier alpha value is -1.50. The summed E-state index contributed by atoms with van der Waals surface area (Å²) >= 11 is 0. The van der Waals surface area contributed by atoms with Crippen LogP contribution in [-0.4, -0.2) is 6.18 Å². The molecule has 1 unspecified atom stereocenters. The van der Waals surface area contributed by atoms with Gasteiger partial charge in [-0.05, 0) is 5.56 Å². The lowest BCUT2D eigenvalue weighted by Crippen LogP contribution is -2.18. The first-order chi connectivity index (χ1) is 6.05. The summed E-state index contributed by atoms with van der Waals surface area (Å²) in [5.41, 5.74) is -0.0162. The summed E-state index contributed by atoms with van der Waals surface area (Å²) < 4.78 is 36.6. The van der Waals surface area contributed by atoms with Crippen LogP contribution in [0, 0.1) is 11.3 Å². The zero-order valence-corrected chi connectivity index (χ0v) is 6.55. The molecule has 0 heterocycles. The van der Waals surface area contributed by atoms with E-state index < -0.39 is 12.1 Å². The van der Waals surface area contributed by atoms with Crippen LogP contribution in [0.15, 0.2) is 30.3 Å². The van der Waals surface area contributed by atoms with Crippen molar-refractivity contribution in [3.05, 3.63) is 35.9 Å². The van der Waals surface area contributed by atoms with E-state index in [1.807, 2.05) is 0 Å². The molecule has 0 spiro atoms. The number of nitrogens with zero attached hydrogens (tertiary/aromatic N) is 1. The van der Waals surface area contributed by atoms with E-state index in [9.17, 15) is 13.2 Å². The fourth-order valence-electron chi connectivity index (χ4n) is 0.982. The van der Waals surface area contributed by atoms with Gasteiger partial charge in [-0.25, -0.2) is 0 Å². The van der Waals surface area contributed by atoms with E-state index in [0.29, 0.717) is 0 Å². The molecule has 0 saturated carbocycles. The van der Waals surface area contributed by atoms with Crippen molar-refractivity contribution in [2.45, 2.75) is 12.1 Å². The average Bonchev–Trinajstić information content (AvgIpc) is 2.05. The van der Waals surface area contributed by atoms with Crippen LogP contribution in [0.4, 0.5) is 13.2 Å². The van der Waals surface area contributed by atoms with Crippen LogP contribution in [0.1, 0.15) is 11.5 Å². The van der Waals surface area contributed by atoms with E-state index >= 15 is 0 Å². The van der Waals surface area contributed by atoms with Gasteiger partial charge in [0.25, 0.3) is 0 Å². The number of halogens is 3. The lowest BCUT2D eigenvalue weighted by atomic mass is 10.0. The smallest absolute Gasteiger partial charge is 0.197 e. The third kappa shape index (κ3) is 2.22. The van der Waals surface area contributed by atoms with Crippen molar-refractivity contribution >= 4 is 0 Å². The summed E-state index contributed by atoms with van der Waals surface area (Å²) in [6, 6.07) is 8.38. The molecule has 0 aliphatic heterocycles. The molecule has 0 fully saturated rings. The first kappa shape index (κ1) is 9.59. The second-order valence-corrected chi connectivity index (χ2v) is 2.51. The molecular formula is C9H6F3N. The van der Waals surface area contributed by atoms with Crippen molar-refractivity contribution in [2.24, 2.45) is 0 Å². The minimum Gasteiger partial charge on any atom is -0.197 e. The van der Waals surface area contributed by atoms with Crippen LogP contribution in [0.25, 0.3) is 0 Å². The fraction of sp³-hybridized carbons (Fsp3) is 0.222. The number of rotatable bonds is 1. The van der Waals surface area contributed by atoms with Gasteiger partial charge in [-0.3, -0.25) is 0 Å². The number of hydrogen-bond donors (Lipinski definition) is 0. The van der Waals surface area contributed by atoms with Crippen molar-refractivity contribution in [3.63, 3.8) is 0 Å². The van der Waals surface area contributed by atoms with E-state index in [0.717, 1.165) is 0 Å². The molecule has 1 aromatic carbocycles. The quantitative estimate of drug-likeness (QED) is 0.659. The van der Waals surface area contributed by atoms with Crippen molar-refractivity contribution in [3.8, 4) is 6.07 Å². The monoisotopic (exact) mass is 185 g/mol. The summed E-state index contributed by atoms with van der Waals surface area (Å²) in [6.07, 6.45) is -4.49. The molecule has 68 valence electrons. The van der Waals surface area contributed by atoms with Crippen molar-refractivity contribution in [1.82, 2.24) is 0 Å². The van der Waals surface area contributed by atoms with Crippen LogP contribution in [0.2, 0.25) is 0 Å². The van der Waals surface area contributed by atoms with Crippen molar-refractivity contribution in [1.29, 1.82) is 5.26 Å². The maximum absolute atomic E-state index is 12.2. The number of alkyl halides is 3. The third-order valence-electron chi connectivity index (χ3n) is 1.59. The summed E-state index contributed by atoms with van der Waals surface area (Å²) in [7, 11) is 0. The minimum absolute atomic E-state index is 0.0162.